The van der Waals surface area contributed by atoms with Gasteiger partial charge in [-0.25, -0.2) is 4.98 Å². The van der Waals surface area contributed by atoms with Gasteiger partial charge in [0.15, 0.2) is 5.65 Å². The molecule has 0 saturated carbocycles. The maximum absolute atomic E-state index is 4.64. The Morgan fingerprint density at radius 2 is 2.14 bits per heavy atom. The van der Waals surface area contributed by atoms with Crippen LogP contribution in [0.3, 0.4) is 0 Å². The van der Waals surface area contributed by atoms with Crippen molar-refractivity contribution in [2.75, 3.05) is 24.5 Å². The third-order valence-corrected chi connectivity index (χ3v) is 5.27. The second-order valence-electron chi connectivity index (χ2n) is 6.70. The zero-order chi connectivity index (χ0) is 15.1. The van der Waals surface area contributed by atoms with Crippen LogP contribution in [0.25, 0.3) is 5.65 Å². The summed E-state index contributed by atoms with van der Waals surface area (Å²) in [5.74, 6) is 1.20. The second kappa shape index (κ2) is 5.54. The molecule has 5 nitrogen and oxygen atoms in total. The number of piperidine rings is 1. The molecule has 0 aliphatic carbocycles. The van der Waals surface area contributed by atoms with Gasteiger partial charge >= 0.3 is 0 Å². The summed E-state index contributed by atoms with van der Waals surface area (Å²) in [6, 6.07) is 5.65. The maximum atomic E-state index is 4.64. The number of likely N-dealkylation sites (tertiary alicyclic amines) is 1. The summed E-state index contributed by atoms with van der Waals surface area (Å²) in [7, 11) is 0. The number of hydrogen-bond donors (Lipinski definition) is 0. The van der Waals surface area contributed by atoms with Crippen molar-refractivity contribution in [1.29, 1.82) is 0 Å². The lowest BCUT2D eigenvalue weighted by molar-refractivity contribution is 0.0871. The van der Waals surface area contributed by atoms with E-state index in [0.29, 0.717) is 6.04 Å². The molecule has 0 amide bonds. The molecule has 2 aromatic heterocycles. The van der Waals surface area contributed by atoms with Gasteiger partial charge < -0.3 is 4.90 Å². The highest BCUT2D eigenvalue weighted by atomic mass is 15.4. The van der Waals surface area contributed by atoms with E-state index in [4.69, 9.17) is 0 Å². The van der Waals surface area contributed by atoms with Crippen LogP contribution >= 0.6 is 0 Å². The highest BCUT2D eigenvalue weighted by molar-refractivity contribution is 5.52. The van der Waals surface area contributed by atoms with Crippen LogP contribution < -0.4 is 4.90 Å². The predicted molar refractivity (Wildman–Crippen MR) is 88.4 cm³/mol. The molecular weight excluding hydrogens is 274 g/mol. The maximum Gasteiger partial charge on any atom is 0.157 e. The highest BCUT2D eigenvalue weighted by Crippen LogP contribution is 2.28. The Bertz CT molecular complexity index is 658. The molecule has 2 aliphatic rings. The molecule has 22 heavy (non-hydrogen) atoms. The average Bonchev–Trinajstić information content (AvgIpc) is 2.95. The van der Waals surface area contributed by atoms with E-state index in [0.717, 1.165) is 36.9 Å². The molecule has 4 heterocycles. The van der Waals surface area contributed by atoms with Crippen molar-refractivity contribution >= 4 is 11.5 Å². The van der Waals surface area contributed by atoms with Gasteiger partial charge in [0.05, 0.1) is 6.20 Å². The number of aryl methyl sites for hydroxylation is 1. The predicted octanol–water partition coefficient (Wildman–Crippen LogP) is 2.35. The Kier molecular flexibility index (Phi) is 3.53. The molecule has 0 aromatic carbocycles. The molecule has 0 unspecified atom stereocenters. The van der Waals surface area contributed by atoms with Crippen molar-refractivity contribution in [1.82, 2.24) is 19.5 Å². The van der Waals surface area contributed by atoms with Gasteiger partial charge in [-0.15, -0.1) is 0 Å². The van der Waals surface area contributed by atoms with Gasteiger partial charge in [-0.1, -0.05) is 13.3 Å². The normalized spacial score (nSPS) is 23.9. The van der Waals surface area contributed by atoms with Crippen molar-refractivity contribution in [3.63, 3.8) is 0 Å². The van der Waals surface area contributed by atoms with E-state index in [-0.39, 0.29) is 0 Å². The Morgan fingerprint density at radius 1 is 1.27 bits per heavy atom. The molecular formula is C17H25N5. The number of anilines is 1. The number of hydrogen-bond acceptors (Lipinski definition) is 4. The first kappa shape index (κ1) is 14.0. The average molecular weight is 299 g/mol. The third kappa shape index (κ3) is 2.28. The quantitative estimate of drug-likeness (QED) is 0.872. The molecule has 0 spiro atoms. The smallest absolute Gasteiger partial charge is 0.157 e. The van der Waals surface area contributed by atoms with Gasteiger partial charge in [-0.3, -0.25) is 4.90 Å². The van der Waals surface area contributed by atoms with E-state index in [2.05, 4.69) is 39.8 Å². The molecule has 118 valence electrons. The van der Waals surface area contributed by atoms with Crippen molar-refractivity contribution < 1.29 is 0 Å². The van der Waals surface area contributed by atoms with Gasteiger partial charge in [-0.2, -0.15) is 9.61 Å². The minimum absolute atomic E-state index is 0.708. The summed E-state index contributed by atoms with van der Waals surface area (Å²) in [6.45, 7) is 8.05. The molecule has 5 heteroatoms. The lowest BCUT2D eigenvalue weighted by atomic mass is 9.97. The molecule has 0 bridgehead atoms. The number of aromatic nitrogens is 3. The van der Waals surface area contributed by atoms with E-state index in [1.807, 2.05) is 16.8 Å². The topological polar surface area (TPSA) is 36.7 Å². The number of fused-ring (bicyclic) bond motifs is 1. The lowest BCUT2D eigenvalue weighted by Crippen LogP contribution is -2.62. The van der Waals surface area contributed by atoms with Crippen LogP contribution in [0, 0.1) is 0 Å². The number of nitrogens with zero attached hydrogens (tertiary/aromatic N) is 5. The molecule has 0 N–H and O–H groups in total. The Hall–Kier alpha value is -1.62. The van der Waals surface area contributed by atoms with Gasteiger partial charge in [0.2, 0.25) is 0 Å². The van der Waals surface area contributed by atoms with Crippen molar-refractivity contribution in [2.24, 2.45) is 0 Å². The minimum atomic E-state index is 0.708. The third-order valence-electron chi connectivity index (χ3n) is 5.27. The van der Waals surface area contributed by atoms with Crippen LogP contribution in [-0.2, 0) is 6.42 Å². The molecule has 2 fully saturated rings. The van der Waals surface area contributed by atoms with Gasteiger partial charge in [0, 0.05) is 43.0 Å². The lowest BCUT2D eigenvalue weighted by Gasteiger charge is -2.50. The van der Waals surface area contributed by atoms with E-state index in [9.17, 15) is 0 Å². The Morgan fingerprint density at radius 3 is 2.91 bits per heavy atom. The first-order valence-corrected chi connectivity index (χ1v) is 8.60. The van der Waals surface area contributed by atoms with E-state index in [1.165, 1.54) is 31.6 Å². The summed E-state index contributed by atoms with van der Waals surface area (Å²) >= 11 is 0. The Labute approximate surface area is 131 Å². The van der Waals surface area contributed by atoms with Crippen LogP contribution in [0.15, 0.2) is 18.3 Å². The van der Waals surface area contributed by atoms with Gasteiger partial charge in [0.1, 0.15) is 5.82 Å². The standard InChI is InChI=1S/C17H25N5/c1-3-14-10-17(22-16(19-14)7-8-18-22)20-11-15(12-20)21-9-5-4-6-13(21)2/h7-8,10,13,15H,3-6,9,11-12H2,1-2H3/t13-/m0/s1. The van der Waals surface area contributed by atoms with Crippen LogP contribution in [0.5, 0.6) is 0 Å². The van der Waals surface area contributed by atoms with Gasteiger partial charge in [-0.05, 0) is 32.7 Å². The van der Waals surface area contributed by atoms with Crippen molar-refractivity contribution in [3.05, 3.63) is 24.0 Å². The fourth-order valence-corrected chi connectivity index (χ4v) is 3.87. The SMILES string of the molecule is CCc1cc(N2CC(N3CCCC[C@@H]3C)C2)n2nccc2n1. The summed E-state index contributed by atoms with van der Waals surface area (Å²) in [6.07, 6.45) is 6.92. The van der Waals surface area contributed by atoms with Crippen molar-refractivity contribution in [2.45, 2.75) is 51.6 Å². The summed E-state index contributed by atoms with van der Waals surface area (Å²) < 4.78 is 1.98. The zero-order valence-corrected chi connectivity index (χ0v) is 13.6. The summed E-state index contributed by atoms with van der Waals surface area (Å²) in [5, 5.41) is 4.45. The zero-order valence-electron chi connectivity index (χ0n) is 13.6. The van der Waals surface area contributed by atoms with Crippen molar-refractivity contribution in [3.8, 4) is 0 Å². The molecule has 4 rings (SSSR count). The molecule has 2 saturated heterocycles. The largest absolute Gasteiger partial charge is 0.353 e. The minimum Gasteiger partial charge on any atom is -0.353 e. The molecule has 1 atom stereocenters. The van der Waals surface area contributed by atoms with E-state index < -0.39 is 0 Å². The monoisotopic (exact) mass is 299 g/mol. The summed E-state index contributed by atoms with van der Waals surface area (Å²) in [4.78, 5) is 9.80. The van der Waals surface area contributed by atoms with Crippen LogP contribution in [-0.4, -0.2) is 51.2 Å². The first-order chi connectivity index (χ1) is 10.8. The summed E-state index contributed by atoms with van der Waals surface area (Å²) in [5.41, 5.74) is 2.11. The Balaban J connectivity index is 1.54. The molecule has 2 aliphatic heterocycles. The van der Waals surface area contributed by atoms with Crippen LogP contribution in [0.1, 0.15) is 38.8 Å². The first-order valence-electron chi connectivity index (χ1n) is 8.60. The fourth-order valence-electron chi connectivity index (χ4n) is 3.87. The molecule has 0 radical (unpaired) electrons. The van der Waals surface area contributed by atoms with Crippen LogP contribution in [0.2, 0.25) is 0 Å². The van der Waals surface area contributed by atoms with E-state index >= 15 is 0 Å². The van der Waals surface area contributed by atoms with E-state index in [1.54, 1.807) is 0 Å². The second-order valence-corrected chi connectivity index (χ2v) is 6.70. The van der Waals surface area contributed by atoms with Gasteiger partial charge in [0.25, 0.3) is 0 Å². The van der Waals surface area contributed by atoms with Crippen LogP contribution in [0.4, 0.5) is 5.82 Å². The fraction of sp³-hybridized carbons (Fsp3) is 0.647. The highest BCUT2D eigenvalue weighted by Gasteiger charge is 2.36. The number of rotatable bonds is 3. The molecule has 2 aromatic rings.